The highest BCUT2D eigenvalue weighted by Gasteiger charge is 2.21. The molecule has 2 aromatic heterocycles. The average Bonchev–Trinajstić information content (AvgIpc) is 2.95. The van der Waals surface area contributed by atoms with Gasteiger partial charge < -0.3 is 9.47 Å². The molecule has 4 rings (SSSR count). The fourth-order valence-electron chi connectivity index (χ4n) is 3.30. The van der Waals surface area contributed by atoms with Crippen LogP contribution in [0.5, 0.6) is 0 Å². The van der Waals surface area contributed by atoms with Crippen molar-refractivity contribution < 1.29 is 4.39 Å². The van der Waals surface area contributed by atoms with Crippen molar-refractivity contribution >= 4 is 23.2 Å². The van der Waals surface area contributed by atoms with E-state index in [2.05, 4.69) is 21.5 Å². The summed E-state index contributed by atoms with van der Waals surface area (Å²) in [4.78, 5) is 6.61. The van der Waals surface area contributed by atoms with Gasteiger partial charge in [-0.05, 0) is 49.0 Å². The number of rotatable bonds is 2. The van der Waals surface area contributed by atoms with E-state index in [4.69, 9.17) is 0 Å². The second kappa shape index (κ2) is 7.62. The van der Waals surface area contributed by atoms with Crippen LogP contribution in [-0.2, 0) is 13.0 Å². The Kier molecular flexibility index (Phi) is 5.29. The predicted octanol–water partition coefficient (Wildman–Crippen LogP) is 4.82. The zero-order valence-electron chi connectivity index (χ0n) is 15.0. The highest BCUT2D eigenvalue weighted by Crippen LogP contribution is 2.31. The summed E-state index contributed by atoms with van der Waals surface area (Å²) in [6, 6.07) is 10.9. The Labute approximate surface area is 148 Å². The number of hydrogen-bond acceptors (Lipinski definition) is 2. The number of halogens is 1. The van der Waals surface area contributed by atoms with Crippen molar-refractivity contribution in [2.24, 2.45) is 0 Å². The topological polar surface area (TPSA) is 21.1 Å². The molecule has 0 aliphatic carbocycles. The van der Waals surface area contributed by atoms with Crippen molar-refractivity contribution in [3.8, 4) is 0 Å². The highest BCUT2D eigenvalue weighted by molar-refractivity contribution is 5.88. The smallest absolute Gasteiger partial charge is 0.123 e. The van der Waals surface area contributed by atoms with Crippen molar-refractivity contribution in [2.45, 2.75) is 26.8 Å². The second-order valence-corrected chi connectivity index (χ2v) is 6.01. The van der Waals surface area contributed by atoms with E-state index in [0.717, 1.165) is 36.1 Å². The monoisotopic (exact) mass is 337 g/mol. The molecule has 25 heavy (non-hydrogen) atoms. The molecule has 130 valence electrons. The number of hydrogen-bond donors (Lipinski definition) is 0. The van der Waals surface area contributed by atoms with Gasteiger partial charge in [-0.1, -0.05) is 19.9 Å². The Morgan fingerprint density at radius 2 is 2.00 bits per heavy atom. The molecule has 1 aromatic carbocycles. The third-order valence-corrected chi connectivity index (χ3v) is 4.42. The first-order chi connectivity index (χ1) is 12.2. The molecule has 0 fully saturated rings. The molecule has 0 bridgehead atoms. The van der Waals surface area contributed by atoms with E-state index >= 15 is 0 Å². The molecule has 3 heterocycles. The molecule has 0 N–H and O–H groups in total. The van der Waals surface area contributed by atoms with E-state index in [9.17, 15) is 4.39 Å². The molecule has 0 radical (unpaired) electrons. The quantitative estimate of drug-likeness (QED) is 0.668. The molecule has 1 aliphatic rings. The Hall–Kier alpha value is -2.46. The summed E-state index contributed by atoms with van der Waals surface area (Å²) in [5.41, 5.74) is 4.48. The van der Waals surface area contributed by atoms with Gasteiger partial charge in [0.25, 0.3) is 0 Å². The largest absolute Gasteiger partial charge is 0.320 e. The Morgan fingerprint density at radius 3 is 2.76 bits per heavy atom. The van der Waals surface area contributed by atoms with Crippen LogP contribution in [0, 0.1) is 5.82 Å². The van der Waals surface area contributed by atoms with Gasteiger partial charge in [0.1, 0.15) is 5.82 Å². The minimum absolute atomic E-state index is 0.181. The lowest BCUT2D eigenvalue weighted by molar-refractivity contribution is 0.312. The van der Waals surface area contributed by atoms with Crippen molar-refractivity contribution in [2.75, 3.05) is 13.6 Å². The fourth-order valence-corrected chi connectivity index (χ4v) is 3.30. The van der Waals surface area contributed by atoms with Crippen molar-refractivity contribution in [1.82, 2.24) is 14.5 Å². The number of aromatic nitrogens is 2. The van der Waals surface area contributed by atoms with Crippen molar-refractivity contribution in [3.63, 3.8) is 0 Å². The molecule has 0 amide bonds. The molecular weight excluding hydrogens is 313 g/mol. The molecule has 0 saturated heterocycles. The van der Waals surface area contributed by atoms with Gasteiger partial charge in [-0.2, -0.15) is 0 Å². The Bertz CT molecular complexity index is 881. The lowest BCUT2D eigenvalue weighted by Crippen LogP contribution is -2.26. The first-order valence-electron chi connectivity index (χ1n) is 8.81. The van der Waals surface area contributed by atoms with Crippen LogP contribution < -0.4 is 0 Å². The van der Waals surface area contributed by atoms with Gasteiger partial charge in [-0.25, -0.2) is 4.39 Å². The lowest BCUT2D eigenvalue weighted by atomic mass is 10.1. The summed E-state index contributed by atoms with van der Waals surface area (Å²) < 4.78 is 15.9. The van der Waals surface area contributed by atoms with E-state index in [1.54, 1.807) is 12.3 Å². The molecule has 0 saturated carbocycles. The van der Waals surface area contributed by atoms with Crippen LogP contribution in [0.3, 0.4) is 0 Å². The van der Waals surface area contributed by atoms with Gasteiger partial charge in [0.2, 0.25) is 0 Å². The van der Waals surface area contributed by atoms with Gasteiger partial charge >= 0.3 is 0 Å². The van der Waals surface area contributed by atoms with Crippen LogP contribution in [0.1, 0.15) is 30.8 Å². The fraction of sp³-hybridized carbons (Fsp3) is 0.286. The first-order valence-corrected chi connectivity index (χ1v) is 8.81. The molecular formula is C21H24FN3. The average molecular weight is 337 g/mol. The van der Waals surface area contributed by atoms with Crippen LogP contribution in [0.25, 0.3) is 23.2 Å². The molecule has 3 aromatic rings. The van der Waals surface area contributed by atoms with Crippen LogP contribution in [0.15, 0.2) is 42.6 Å². The molecule has 0 unspecified atom stereocenters. The van der Waals surface area contributed by atoms with Crippen molar-refractivity contribution in [1.29, 1.82) is 0 Å². The maximum absolute atomic E-state index is 13.7. The molecule has 1 aliphatic heterocycles. The standard InChI is InChI=1S/C19H18FN3.C2H6/c1-22-10-8-19-17(13-22)16-12-14(20)5-6-18(16)23(19)11-7-15-4-2-3-9-21-15;1-2/h2-7,9,11-12H,8,10,13H2,1H3;1-2H3/b11-7+;. The van der Waals surface area contributed by atoms with E-state index in [1.165, 1.54) is 17.3 Å². The summed E-state index contributed by atoms with van der Waals surface area (Å²) in [6.45, 7) is 5.88. The van der Waals surface area contributed by atoms with Crippen LogP contribution in [-0.4, -0.2) is 28.0 Å². The Morgan fingerprint density at radius 1 is 1.16 bits per heavy atom. The minimum atomic E-state index is -0.181. The van der Waals surface area contributed by atoms with Crippen molar-refractivity contribution in [3.05, 3.63) is 65.4 Å². The van der Waals surface area contributed by atoms with Gasteiger partial charge in [-0.3, -0.25) is 4.98 Å². The van der Waals surface area contributed by atoms with Gasteiger partial charge in [-0.15, -0.1) is 0 Å². The van der Waals surface area contributed by atoms with E-state index in [-0.39, 0.29) is 5.82 Å². The number of nitrogens with zero attached hydrogens (tertiary/aromatic N) is 3. The van der Waals surface area contributed by atoms with Crippen LogP contribution in [0.2, 0.25) is 0 Å². The van der Waals surface area contributed by atoms with E-state index in [1.807, 2.05) is 50.4 Å². The summed E-state index contributed by atoms with van der Waals surface area (Å²) >= 11 is 0. The van der Waals surface area contributed by atoms with E-state index in [0.29, 0.717) is 0 Å². The van der Waals surface area contributed by atoms with Gasteiger partial charge in [0.05, 0.1) is 11.2 Å². The predicted molar refractivity (Wildman–Crippen MR) is 103 cm³/mol. The maximum Gasteiger partial charge on any atom is 0.123 e. The summed E-state index contributed by atoms with van der Waals surface area (Å²) in [6.07, 6.45) is 6.80. The molecule has 3 nitrogen and oxygen atoms in total. The minimum Gasteiger partial charge on any atom is -0.320 e. The van der Waals surface area contributed by atoms with Gasteiger partial charge in [0, 0.05) is 43.0 Å². The first kappa shape index (κ1) is 17.4. The number of likely N-dealkylation sites (N-methyl/N-ethyl adjacent to an activating group) is 1. The zero-order chi connectivity index (χ0) is 17.8. The van der Waals surface area contributed by atoms with Crippen LogP contribution >= 0.6 is 0 Å². The SMILES string of the molecule is CC.CN1CCc2c(c3cc(F)ccc3n2/C=C/c2ccccn2)C1. The summed E-state index contributed by atoms with van der Waals surface area (Å²) in [5.74, 6) is -0.181. The lowest BCUT2D eigenvalue weighted by Gasteiger charge is -2.23. The van der Waals surface area contributed by atoms with E-state index < -0.39 is 0 Å². The number of pyridine rings is 1. The third-order valence-electron chi connectivity index (χ3n) is 4.42. The summed E-state index contributed by atoms with van der Waals surface area (Å²) in [7, 11) is 2.11. The van der Waals surface area contributed by atoms with Gasteiger partial charge in [0.15, 0.2) is 0 Å². The molecule has 4 heteroatoms. The molecule has 0 atom stereocenters. The highest BCUT2D eigenvalue weighted by atomic mass is 19.1. The Balaban J connectivity index is 0.000000880. The number of fused-ring (bicyclic) bond motifs is 3. The third kappa shape index (κ3) is 3.49. The number of benzene rings is 1. The molecule has 0 spiro atoms. The summed E-state index contributed by atoms with van der Waals surface area (Å²) in [5, 5.41) is 1.01. The second-order valence-electron chi connectivity index (χ2n) is 6.01. The normalized spacial score (nSPS) is 14.4. The van der Waals surface area contributed by atoms with Crippen LogP contribution in [0.4, 0.5) is 4.39 Å². The zero-order valence-corrected chi connectivity index (χ0v) is 15.0. The maximum atomic E-state index is 13.7.